The summed E-state index contributed by atoms with van der Waals surface area (Å²) >= 11 is 6.11. The molecule has 0 saturated carbocycles. The van der Waals surface area contributed by atoms with Crippen molar-refractivity contribution in [2.24, 2.45) is 0 Å². The molecule has 0 heterocycles. The van der Waals surface area contributed by atoms with Crippen LogP contribution in [-0.4, -0.2) is 17.5 Å². The summed E-state index contributed by atoms with van der Waals surface area (Å²) in [7, 11) is 0. The maximum absolute atomic E-state index is 15.2. The summed E-state index contributed by atoms with van der Waals surface area (Å²) in [6.07, 6.45) is -0.240. The first kappa shape index (κ1) is 20.9. The summed E-state index contributed by atoms with van der Waals surface area (Å²) in [5, 5.41) is 2.68. The van der Waals surface area contributed by atoms with Gasteiger partial charge in [0.15, 0.2) is 5.78 Å². The van der Waals surface area contributed by atoms with E-state index in [2.05, 4.69) is 5.32 Å². The van der Waals surface area contributed by atoms with Crippen LogP contribution >= 0.6 is 11.6 Å². The Hall–Kier alpha value is -2.40. The minimum absolute atomic E-state index is 0.0252. The zero-order chi connectivity index (χ0) is 20.2. The Kier molecular flexibility index (Phi) is 6.60. The van der Waals surface area contributed by atoms with Crippen molar-refractivity contribution in [2.75, 3.05) is 0 Å². The number of ketones is 1. The van der Waals surface area contributed by atoms with Gasteiger partial charge in [-0.2, -0.15) is 0 Å². The molecule has 1 N–H and O–H groups in total. The van der Waals surface area contributed by atoms with E-state index < -0.39 is 29.3 Å². The third kappa shape index (κ3) is 5.30. The predicted molar refractivity (Wildman–Crippen MR) is 104 cm³/mol. The Morgan fingerprint density at radius 3 is 2.33 bits per heavy atom. The average molecular weight is 392 g/mol. The fourth-order valence-electron chi connectivity index (χ4n) is 2.63. The number of ether oxygens (including phenoxy) is 1. The fourth-order valence-corrected chi connectivity index (χ4v) is 2.86. The monoisotopic (exact) mass is 391 g/mol. The van der Waals surface area contributed by atoms with Gasteiger partial charge in [0, 0.05) is 11.1 Å². The number of carbonyl (C=O) groups excluding carboxylic acids is 2. The molecule has 0 aliphatic heterocycles. The molecule has 1 atom stereocenters. The summed E-state index contributed by atoms with van der Waals surface area (Å²) in [6.45, 7) is 7.03. The summed E-state index contributed by atoms with van der Waals surface area (Å²) in [6, 6.07) is 10.6. The molecule has 2 aromatic rings. The Bertz CT molecular complexity index is 831. The number of rotatable bonds is 5. The predicted octanol–water partition coefficient (Wildman–Crippen LogP) is 5.69. The molecule has 2 aromatic carbocycles. The molecule has 144 valence electrons. The molecule has 2 rings (SSSR count). The standard InChI is InChI=1S/C21H23ClFNO3/c1-5-16(24-20(26)27-21(2,3)4)14-11-12-15(22)17(18(14)23)19(25)13-9-7-6-8-10-13/h6-12,16H,5H2,1-4H3,(H,24,26)/t16-/m1/s1. The van der Waals surface area contributed by atoms with E-state index in [1.54, 1.807) is 58.0 Å². The van der Waals surface area contributed by atoms with Crippen molar-refractivity contribution in [3.63, 3.8) is 0 Å². The van der Waals surface area contributed by atoms with Gasteiger partial charge in [-0.25, -0.2) is 9.18 Å². The van der Waals surface area contributed by atoms with Crippen molar-refractivity contribution in [3.05, 3.63) is 70.0 Å². The van der Waals surface area contributed by atoms with Crippen LogP contribution in [0.25, 0.3) is 0 Å². The molecule has 0 spiro atoms. The minimum Gasteiger partial charge on any atom is -0.444 e. The lowest BCUT2D eigenvalue weighted by Crippen LogP contribution is -2.35. The van der Waals surface area contributed by atoms with Crippen LogP contribution in [0.3, 0.4) is 0 Å². The number of alkyl carbamates (subject to hydrolysis) is 1. The van der Waals surface area contributed by atoms with Gasteiger partial charge in [-0.3, -0.25) is 4.79 Å². The molecule has 0 aliphatic carbocycles. The van der Waals surface area contributed by atoms with Gasteiger partial charge in [-0.15, -0.1) is 0 Å². The highest BCUT2D eigenvalue weighted by Crippen LogP contribution is 2.30. The van der Waals surface area contributed by atoms with Gasteiger partial charge in [0.2, 0.25) is 0 Å². The molecule has 0 radical (unpaired) electrons. The third-order valence-electron chi connectivity index (χ3n) is 3.86. The van der Waals surface area contributed by atoms with Gasteiger partial charge < -0.3 is 10.1 Å². The summed E-state index contributed by atoms with van der Waals surface area (Å²) in [5.41, 5.74) is -0.351. The lowest BCUT2D eigenvalue weighted by atomic mass is 9.96. The summed E-state index contributed by atoms with van der Waals surface area (Å²) < 4.78 is 20.4. The van der Waals surface area contributed by atoms with E-state index in [-0.39, 0.29) is 16.1 Å². The van der Waals surface area contributed by atoms with Crippen molar-refractivity contribution < 1.29 is 18.7 Å². The summed E-state index contributed by atoms with van der Waals surface area (Å²) in [5.74, 6) is -1.24. The van der Waals surface area contributed by atoms with E-state index in [9.17, 15) is 9.59 Å². The maximum Gasteiger partial charge on any atom is 0.408 e. The Labute approximate surface area is 163 Å². The molecule has 0 aromatic heterocycles. The minimum atomic E-state index is -0.737. The van der Waals surface area contributed by atoms with Crippen molar-refractivity contribution in [2.45, 2.75) is 45.8 Å². The highest BCUT2D eigenvalue weighted by atomic mass is 35.5. The van der Waals surface area contributed by atoms with Crippen LogP contribution in [0.4, 0.5) is 9.18 Å². The van der Waals surface area contributed by atoms with E-state index in [1.165, 1.54) is 12.1 Å². The average Bonchev–Trinajstić information content (AvgIpc) is 2.59. The van der Waals surface area contributed by atoms with E-state index in [0.717, 1.165) is 0 Å². The van der Waals surface area contributed by atoms with E-state index in [4.69, 9.17) is 16.3 Å². The van der Waals surface area contributed by atoms with Gasteiger partial charge in [-0.05, 0) is 33.3 Å². The third-order valence-corrected chi connectivity index (χ3v) is 4.17. The molecular formula is C21H23ClFNO3. The van der Waals surface area contributed by atoms with Crippen LogP contribution in [0.2, 0.25) is 5.02 Å². The second-order valence-electron chi connectivity index (χ2n) is 7.13. The molecule has 0 saturated heterocycles. The first-order valence-electron chi connectivity index (χ1n) is 8.71. The molecule has 4 nitrogen and oxygen atoms in total. The van der Waals surface area contributed by atoms with E-state index >= 15 is 4.39 Å². The largest absolute Gasteiger partial charge is 0.444 e. The fraction of sp³-hybridized carbons (Fsp3) is 0.333. The number of nitrogens with one attached hydrogen (secondary N) is 1. The Morgan fingerprint density at radius 2 is 1.78 bits per heavy atom. The normalized spacial score (nSPS) is 12.4. The van der Waals surface area contributed by atoms with Crippen LogP contribution in [-0.2, 0) is 4.74 Å². The van der Waals surface area contributed by atoms with Crippen LogP contribution in [0.15, 0.2) is 42.5 Å². The lowest BCUT2D eigenvalue weighted by Gasteiger charge is -2.24. The zero-order valence-corrected chi connectivity index (χ0v) is 16.6. The number of halogens is 2. The van der Waals surface area contributed by atoms with E-state index in [0.29, 0.717) is 12.0 Å². The number of amides is 1. The van der Waals surface area contributed by atoms with Crippen molar-refractivity contribution in [1.82, 2.24) is 5.32 Å². The number of hydrogen-bond donors (Lipinski definition) is 1. The number of benzene rings is 2. The SMILES string of the molecule is CC[C@@H](NC(=O)OC(C)(C)C)c1ccc(Cl)c(C(=O)c2ccccc2)c1F. The van der Waals surface area contributed by atoms with Crippen LogP contribution < -0.4 is 5.32 Å². The maximum atomic E-state index is 15.2. The van der Waals surface area contributed by atoms with Crippen LogP contribution in [0.5, 0.6) is 0 Å². The highest BCUT2D eigenvalue weighted by Gasteiger charge is 2.26. The zero-order valence-electron chi connectivity index (χ0n) is 15.8. The van der Waals surface area contributed by atoms with Gasteiger partial charge in [0.25, 0.3) is 0 Å². The Morgan fingerprint density at radius 1 is 1.15 bits per heavy atom. The summed E-state index contributed by atoms with van der Waals surface area (Å²) in [4.78, 5) is 24.8. The van der Waals surface area contributed by atoms with Crippen LogP contribution in [0.1, 0.15) is 61.6 Å². The molecule has 0 bridgehead atoms. The number of hydrogen-bond acceptors (Lipinski definition) is 3. The first-order valence-corrected chi connectivity index (χ1v) is 9.09. The molecule has 0 aliphatic rings. The van der Waals surface area contributed by atoms with Gasteiger partial charge in [-0.1, -0.05) is 54.9 Å². The first-order chi connectivity index (χ1) is 12.6. The van der Waals surface area contributed by atoms with Crippen LogP contribution in [0, 0.1) is 5.82 Å². The van der Waals surface area contributed by atoms with Gasteiger partial charge >= 0.3 is 6.09 Å². The topological polar surface area (TPSA) is 55.4 Å². The van der Waals surface area contributed by atoms with Crippen molar-refractivity contribution >= 4 is 23.5 Å². The molecular weight excluding hydrogens is 369 g/mol. The smallest absolute Gasteiger partial charge is 0.408 e. The quantitative estimate of drug-likeness (QED) is 0.666. The second kappa shape index (κ2) is 8.53. The van der Waals surface area contributed by atoms with E-state index in [1.807, 2.05) is 0 Å². The molecule has 27 heavy (non-hydrogen) atoms. The molecule has 0 fully saturated rings. The molecule has 6 heteroatoms. The number of carbonyl (C=O) groups is 2. The highest BCUT2D eigenvalue weighted by molar-refractivity contribution is 6.35. The Balaban J connectivity index is 2.37. The lowest BCUT2D eigenvalue weighted by molar-refractivity contribution is 0.0501. The van der Waals surface area contributed by atoms with Gasteiger partial charge in [0.1, 0.15) is 11.4 Å². The molecule has 1 amide bonds. The van der Waals surface area contributed by atoms with Crippen molar-refractivity contribution in [3.8, 4) is 0 Å². The van der Waals surface area contributed by atoms with Gasteiger partial charge in [0.05, 0.1) is 16.6 Å². The molecule has 0 unspecified atom stereocenters. The second-order valence-corrected chi connectivity index (χ2v) is 7.54. The van der Waals surface area contributed by atoms with Crippen molar-refractivity contribution in [1.29, 1.82) is 0 Å².